The molecule has 0 aromatic heterocycles. The lowest BCUT2D eigenvalue weighted by molar-refractivity contribution is 0.433. The molecule has 0 bridgehead atoms. The quantitative estimate of drug-likeness (QED) is 0.555. The molecule has 0 atom stereocenters. The fraction of sp³-hybridized carbons (Fsp3) is 0. The first-order chi connectivity index (χ1) is 4.61. The van der Waals surface area contributed by atoms with Crippen LogP contribution in [0.3, 0.4) is 0 Å². The summed E-state index contributed by atoms with van der Waals surface area (Å²) < 4.78 is 12.5. The van der Waals surface area contributed by atoms with Gasteiger partial charge in [0.05, 0.1) is 5.02 Å². The maximum Gasteiger partial charge on any atom is 0.183 e. The monoisotopic (exact) mass is 156 g/mol. The number of hydrogen-bond acceptors (Lipinski definition) is 1. The first-order valence-corrected chi connectivity index (χ1v) is 2.92. The second-order valence-corrected chi connectivity index (χ2v) is 2.24. The van der Waals surface area contributed by atoms with E-state index >= 15 is 0 Å². The molecule has 1 aromatic carbocycles. The summed E-state index contributed by atoms with van der Waals surface area (Å²) in [6, 6.07) is 2.33. The zero-order chi connectivity index (χ0) is 7.72. The van der Waals surface area contributed by atoms with Gasteiger partial charge >= 0.3 is 0 Å². The molecule has 0 unspecified atom stereocenters. The van der Waals surface area contributed by atoms with Crippen molar-refractivity contribution in [2.24, 2.45) is 0 Å². The van der Waals surface area contributed by atoms with E-state index in [0.29, 0.717) is 0 Å². The number of phenols is 1. The van der Waals surface area contributed by atoms with Gasteiger partial charge in [0.25, 0.3) is 0 Å². The first kappa shape index (κ1) is 7.41. The number of hydrogen-bond donors (Lipinski definition) is 1. The topological polar surface area (TPSA) is 20.2 Å². The molecular weight excluding hydrogens is 153 g/mol. The van der Waals surface area contributed by atoms with Gasteiger partial charge in [0.15, 0.2) is 11.6 Å². The molecule has 0 aliphatic rings. The molecule has 0 saturated heterocycles. The van der Waals surface area contributed by atoms with Crippen LogP contribution in [0.1, 0.15) is 0 Å². The van der Waals surface area contributed by atoms with Crippen LogP contribution in [0, 0.1) is 5.82 Å². The summed E-state index contributed by atoms with van der Waals surface area (Å²) in [6.45, 7) is 0. The Morgan fingerprint density at radius 1 is 1.50 bits per heavy atom. The minimum atomic E-state index is -0.837. The van der Waals surface area contributed by atoms with Crippen molar-refractivity contribution in [1.82, 2.24) is 0 Å². The summed E-state index contributed by atoms with van der Waals surface area (Å²) >= 11 is 5.30. The van der Waals surface area contributed by atoms with Gasteiger partial charge in [-0.2, -0.15) is 0 Å². The van der Waals surface area contributed by atoms with Crippen molar-refractivity contribution in [3.63, 3.8) is 0 Å². The molecule has 2 radical (unpaired) electrons. The highest BCUT2D eigenvalue weighted by Gasteiger charge is 2.04. The van der Waals surface area contributed by atoms with Crippen molar-refractivity contribution in [1.29, 1.82) is 0 Å². The molecule has 10 heavy (non-hydrogen) atoms. The number of aromatic hydroxyl groups is 1. The van der Waals surface area contributed by atoms with Crippen LogP contribution in [0.5, 0.6) is 5.75 Å². The van der Waals surface area contributed by atoms with Crippen molar-refractivity contribution in [2.45, 2.75) is 0 Å². The highest BCUT2D eigenvalue weighted by molar-refractivity contribution is 6.36. The van der Waals surface area contributed by atoms with Gasteiger partial charge in [0.2, 0.25) is 0 Å². The Morgan fingerprint density at radius 2 is 2.10 bits per heavy atom. The molecule has 1 rings (SSSR count). The van der Waals surface area contributed by atoms with E-state index in [0.717, 1.165) is 6.07 Å². The fourth-order valence-corrected chi connectivity index (χ4v) is 0.818. The Kier molecular flexibility index (Phi) is 1.86. The number of phenolic OH excluding ortho intramolecular Hbond substituents is 1. The lowest BCUT2D eigenvalue weighted by Crippen LogP contribution is -2.01. The van der Waals surface area contributed by atoms with Crippen molar-refractivity contribution in [2.75, 3.05) is 0 Å². The molecule has 1 aromatic rings. The third-order valence-electron chi connectivity index (χ3n) is 1.03. The Labute approximate surface area is 63.8 Å². The van der Waals surface area contributed by atoms with Crippen LogP contribution in [0.25, 0.3) is 0 Å². The highest BCUT2D eigenvalue weighted by Crippen LogP contribution is 2.20. The number of rotatable bonds is 0. The molecule has 1 N–H and O–H groups in total. The molecule has 0 spiro atoms. The van der Waals surface area contributed by atoms with Crippen LogP contribution in [0.2, 0.25) is 5.02 Å². The molecule has 1 nitrogen and oxygen atoms in total. The Balaban J connectivity index is 3.31. The average Bonchev–Trinajstić information content (AvgIpc) is 1.82. The summed E-state index contributed by atoms with van der Waals surface area (Å²) in [6.07, 6.45) is 0. The lowest BCUT2D eigenvalue weighted by atomic mass is 9.96. The van der Waals surface area contributed by atoms with E-state index in [9.17, 15) is 4.39 Å². The third kappa shape index (κ3) is 1.24. The highest BCUT2D eigenvalue weighted by atomic mass is 35.5. The normalized spacial score (nSPS) is 9.80. The molecule has 0 aliphatic heterocycles. The minimum Gasteiger partial charge on any atom is -0.505 e. The van der Waals surface area contributed by atoms with E-state index in [4.69, 9.17) is 24.6 Å². The second-order valence-electron chi connectivity index (χ2n) is 1.84. The molecular formula is C6H3BClFO. The molecule has 0 saturated carbocycles. The molecule has 0 aliphatic carbocycles. The standard InChI is InChI=1S/C6H3BClFO/c7-3-1-4(8)6(9)5(10)2-3/h1-2,10H. The van der Waals surface area contributed by atoms with Crippen LogP contribution < -0.4 is 5.46 Å². The fourth-order valence-electron chi connectivity index (χ4n) is 0.595. The predicted octanol–water partition coefficient (Wildman–Crippen LogP) is 0.978. The van der Waals surface area contributed by atoms with E-state index in [2.05, 4.69) is 0 Å². The third-order valence-corrected chi connectivity index (χ3v) is 1.31. The molecule has 4 heteroatoms. The molecule has 0 heterocycles. The van der Waals surface area contributed by atoms with E-state index in [1.165, 1.54) is 6.07 Å². The summed E-state index contributed by atoms with van der Waals surface area (Å²) in [5.41, 5.74) is 0.240. The summed E-state index contributed by atoms with van der Waals surface area (Å²) in [7, 11) is 5.22. The largest absolute Gasteiger partial charge is 0.505 e. The first-order valence-electron chi connectivity index (χ1n) is 2.54. The minimum absolute atomic E-state index is 0.169. The molecule has 0 amide bonds. The van der Waals surface area contributed by atoms with Gasteiger partial charge in [-0.3, -0.25) is 0 Å². The van der Waals surface area contributed by atoms with E-state index in [1.54, 1.807) is 0 Å². The van der Waals surface area contributed by atoms with Crippen molar-refractivity contribution in [3.05, 3.63) is 23.0 Å². The van der Waals surface area contributed by atoms with Crippen LogP contribution in [-0.4, -0.2) is 13.0 Å². The van der Waals surface area contributed by atoms with E-state index < -0.39 is 11.6 Å². The lowest BCUT2D eigenvalue weighted by Gasteiger charge is -1.98. The molecule has 0 fully saturated rings. The van der Waals surface area contributed by atoms with Crippen LogP contribution in [0.15, 0.2) is 12.1 Å². The SMILES string of the molecule is [B]c1cc(O)c(F)c(Cl)c1. The average molecular weight is 156 g/mol. The van der Waals surface area contributed by atoms with E-state index in [-0.39, 0.29) is 10.5 Å². The van der Waals surface area contributed by atoms with Gasteiger partial charge < -0.3 is 5.11 Å². The van der Waals surface area contributed by atoms with Crippen LogP contribution in [-0.2, 0) is 0 Å². The summed E-state index contributed by atoms with van der Waals surface area (Å²) in [5, 5.41) is 8.57. The molecule has 50 valence electrons. The van der Waals surface area contributed by atoms with Crippen molar-refractivity contribution >= 4 is 24.9 Å². The smallest absolute Gasteiger partial charge is 0.183 e. The van der Waals surface area contributed by atoms with Crippen molar-refractivity contribution in [3.8, 4) is 5.75 Å². The number of benzene rings is 1. The Bertz CT molecular complexity index is 241. The van der Waals surface area contributed by atoms with Gasteiger partial charge in [0.1, 0.15) is 7.85 Å². The van der Waals surface area contributed by atoms with Gasteiger partial charge in [-0.15, -0.1) is 0 Å². The summed E-state index contributed by atoms with van der Waals surface area (Å²) in [5.74, 6) is -1.36. The van der Waals surface area contributed by atoms with Crippen LogP contribution >= 0.6 is 11.6 Å². The van der Waals surface area contributed by atoms with Crippen molar-refractivity contribution < 1.29 is 9.50 Å². The predicted molar refractivity (Wildman–Crippen MR) is 38.5 cm³/mol. The van der Waals surface area contributed by atoms with Gasteiger partial charge in [-0.1, -0.05) is 17.1 Å². The second kappa shape index (κ2) is 2.50. The van der Waals surface area contributed by atoms with Crippen LogP contribution in [0.4, 0.5) is 4.39 Å². The van der Waals surface area contributed by atoms with Gasteiger partial charge in [0, 0.05) is 0 Å². The maximum absolute atomic E-state index is 12.5. The Morgan fingerprint density at radius 3 is 2.60 bits per heavy atom. The van der Waals surface area contributed by atoms with Gasteiger partial charge in [-0.05, 0) is 12.1 Å². The van der Waals surface area contributed by atoms with Gasteiger partial charge in [-0.25, -0.2) is 4.39 Å². The maximum atomic E-state index is 12.5. The van der Waals surface area contributed by atoms with E-state index in [1.807, 2.05) is 0 Å². The zero-order valence-corrected chi connectivity index (χ0v) is 5.69. The summed E-state index contributed by atoms with van der Waals surface area (Å²) in [4.78, 5) is 0. The Hall–Kier alpha value is -0.695. The zero-order valence-electron chi connectivity index (χ0n) is 4.94. The number of halogens is 2.